The first-order valence-electron chi connectivity index (χ1n) is 7.99. The molecule has 2 aliphatic rings. The second-order valence-electron chi connectivity index (χ2n) is 6.39. The Kier molecular flexibility index (Phi) is 5.97. The Labute approximate surface area is 112 Å². The van der Waals surface area contributed by atoms with Gasteiger partial charge in [0.1, 0.15) is 0 Å². The maximum absolute atomic E-state index is 5.97. The van der Waals surface area contributed by atoms with E-state index >= 15 is 0 Å². The Morgan fingerprint density at radius 1 is 0.722 bits per heavy atom. The molecule has 2 fully saturated rings. The topological polar surface area (TPSA) is 18.5 Å². The molecule has 0 amide bonds. The van der Waals surface area contributed by atoms with Crippen LogP contribution in [0, 0.1) is 11.8 Å². The van der Waals surface area contributed by atoms with Gasteiger partial charge in [0.15, 0.2) is 0 Å². The maximum atomic E-state index is 5.97. The zero-order chi connectivity index (χ0) is 12.8. The molecule has 0 N–H and O–H groups in total. The standard InChI is InChI=1S/C16H30O2/c1-13-8-9-16(12-14(13)2)18-11-10-17-15-6-4-3-5-7-15/h13-16H,3-12H2,1-2H3. The van der Waals surface area contributed by atoms with E-state index in [0.717, 1.165) is 25.0 Å². The van der Waals surface area contributed by atoms with Gasteiger partial charge in [-0.15, -0.1) is 0 Å². The minimum atomic E-state index is 0.492. The fourth-order valence-corrected chi connectivity index (χ4v) is 3.31. The van der Waals surface area contributed by atoms with Crippen LogP contribution in [-0.2, 0) is 9.47 Å². The molecule has 3 unspecified atom stereocenters. The van der Waals surface area contributed by atoms with Gasteiger partial charge in [-0.05, 0) is 43.9 Å². The highest BCUT2D eigenvalue weighted by Gasteiger charge is 2.24. The number of hydrogen-bond acceptors (Lipinski definition) is 2. The number of ether oxygens (including phenoxy) is 2. The van der Waals surface area contributed by atoms with Gasteiger partial charge in [0.2, 0.25) is 0 Å². The van der Waals surface area contributed by atoms with E-state index in [1.807, 2.05) is 0 Å². The van der Waals surface area contributed by atoms with Crippen molar-refractivity contribution in [3.63, 3.8) is 0 Å². The number of hydrogen-bond donors (Lipinski definition) is 0. The van der Waals surface area contributed by atoms with Crippen molar-refractivity contribution in [2.75, 3.05) is 13.2 Å². The molecule has 0 aromatic rings. The van der Waals surface area contributed by atoms with Crippen LogP contribution in [0.1, 0.15) is 65.2 Å². The Hall–Kier alpha value is -0.0800. The summed E-state index contributed by atoms with van der Waals surface area (Å²) in [6.45, 7) is 6.32. The molecule has 106 valence electrons. The smallest absolute Gasteiger partial charge is 0.0704 e. The van der Waals surface area contributed by atoms with Gasteiger partial charge >= 0.3 is 0 Å². The Morgan fingerprint density at radius 2 is 1.39 bits per heavy atom. The van der Waals surface area contributed by atoms with Gasteiger partial charge in [-0.3, -0.25) is 0 Å². The van der Waals surface area contributed by atoms with E-state index in [1.54, 1.807) is 0 Å². The first kappa shape index (κ1) is 14.3. The van der Waals surface area contributed by atoms with Crippen molar-refractivity contribution in [2.45, 2.75) is 77.4 Å². The van der Waals surface area contributed by atoms with E-state index in [-0.39, 0.29) is 0 Å². The lowest BCUT2D eigenvalue weighted by molar-refractivity contribution is -0.0497. The lowest BCUT2D eigenvalue weighted by atomic mass is 9.80. The average molecular weight is 254 g/mol. The molecule has 0 heterocycles. The summed E-state index contributed by atoms with van der Waals surface area (Å²) in [5.74, 6) is 1.70. The van der Waals surface area contributed by atoms with Gasteiger partial charge in [0.05, 0.1) is 25.4 Å². The normalized spacial score (nSPS) is 34.7. The van der Waals surface area contributed by atoms with E-state index in [2.05, 4.69) is 13.8 Å². The third-order valence-electron chi connectivity index (χ3n) is 4.89. The molecule has 3 atom stereocenters. The van der Waals surface area contributed by atoms with E-state index in [0.29, 0.717) is 12.2 Å². The summed E-state index contributed by atoms with van der Waals surface area (Å²) in [6.07, 6.45) is 11.4. The van der Waals surface area contributed by atoms with Crippen LogP contribution in [0.3, 0.4) is 0 Å². The van der Waals surface area contributed by atoms with Crippen molar-refractivity contribution < 1.29 is 9.47 Å². The van der Waals surface area contributed by atoms with Crippen LogP contribution >= 0.6 is 0 Å². The summed E-state index contributed by atoms with van der Waals surface area (Å²) in [5, 5.41) is 0. The largest absolute Gasteiger partial charge is 0.376 e. The summed E-state index contributed by atoms with van der Waals surface area (Å²) in [4.78, 5) is 0. The van der Waals surface area contributed by atoms with Gasteiger partial charge < -0.3 is 9.47 Å². The minimum Gasteiger partial charge on any atom is -0.376 e. The molecule has 0 aromatic carbocycles. The second kappa shape index (κ2) is 7.49. The molecule has 0 aliphatic heterocycles. The van der Waals surface area contributed by atoms with Crippen molar-refractivity contribution in [2.24, 2.45) is 11.8 Å². The molecule has 0 bridgehead atoms. The zero-order valence-electron chi connectivity index (χ0n) is 12.2. The fraction of sp³-hybridized carbons (Fsp3) is 1.00. The monoisotopic (exact) mass is 254 g/mol. The molecule has 2 aliphatic carbocycles. The van der Waals surface area contributed by atoms with E-state index < -0.39 is 0 Å². The summed E-state index contributed by atoms with van der Waals surface area (Å²) in [5.41, 5.74) is 0. The SMILES string of the molecule is CC1CCC(OCCOC2CCCCC2)CC1C. The highest BCUT2D eigenvalue weighted by Crippen LogP contribution is 2.30. The summed E-state index contributed by atoms with van der Waals surface area (Å²) in [6, 6.07) is 0. The molecular weight excluding hydrogens is 224 g/mol. The summed E-state index contributed by atoms with van der Waals surface area (Å²) >= 11 is 0. The molecular formula is C16H30O2. The van der Waals surface area contributed by atoms with Gasteiger partial charge in [0.25, 0.3) is 0 Å². The Balaban J connectivity index is 1.52. The van der Waals surface area contributed by atoms with E-state index in [9.17, 15) is 0 Å². The lowest BCUT2D eigenvalue weighted by Gasteiger charge is -2.32. The predicted molar refractivity (Wildman–Crippen MR) is 74.7 cm³/mol. The lowest BCUT2D eigenvalue weighted by Crippen LogP contribution is -2.28. The second-order valence-corrected chi connectivity index (χ2v) is 6.39. The van der Waals surface area contributed by atoms with Crippen LogP contribution in [-0.4, -0.2) is 25.4 Å². The molecule has 2 rings (SSSR count). The molecule has 2 saturated carbocycles. The molecule has 0 spiro atoms. The first-order valence-corrected chi connectivity index (χ1v) is 7.99. The molecule has 2 nitrogen and oxygen atoms in total. The van der Waals surface area contributed by atoms with Gasteiger partial charge in [0, 0.05) is 0 Å². The summed E-state index contributed by atoms with van der Waals surface area (Å²) in [7, 11) is 0. The van der Waals surface area contributed by atoms with Gasteiger partial charge in [-0.2, -0.15) is 0 Å². The van der Waals surface area contributed by atoms with Crippen LogP contribution in [0.15, 0.2) is 0 Å². The predicted octanol–water partition coefficient (Wildman–Crippen LogP) is 4.18. The van der Waals surface area contributed by atoms with Crippen LogP contribution in [0.2, 0.25) is 0 Å². The zero-order valence-corrected chi connectivity index (χ0v) is 12.2. The quantitative estimate of drug-likeness (QED) is 0.685. The van der Waals surface area contributed by atoms with Crippen molar-refractivity contribution >= 4 is 0 Å². The van der Waals surface area contributed by atoms with Crippen LogP contribution < -0.4 is 0 Å². The highest BCUT2D eigenvalue weighted by molar-refractivity contribution is 4.75. The van der Waals surface area contributed by atoms with Crippen molar-refractivity contribution in [1.82, 2.24) is 0 Å². The molecule has 0 saturated heterocycles. The fourth-order valence-electron chi connectivity index (χ4n) is 3.31. The first-order chi connectivity index (χ1) is 8.75. The average Bonchev–Trinajstić information content (AvgIpc) is 2.40. The van der Waals surface area contributed by atoms with Crippen molar-refractivity contribution in [1.29, 1.82) is 0 Å². The van der Waals surface area contributed by atoms with Crippen molar-refractivity contribution in [3.8, 4) is 0 Å². The Morgan fingerprint density at radius 3 is 2.06 bits per heavy atom. The van der Waals surface area contributed by atoms with Gasteiger partial charge in [-0.1, -0.05) is 33.1 Å². The molecule has 0 radical (unpaired) electrons. The molecule has 2 heteroatoms. The van der Waals surface area contributed by atoms with Gasteiger partial charge in [-0.25, -0.2) is 0 Å². The van der Waals surface area contributed by atoms with E-state index in [1.165, 1.54) is 51.4 Å². The summed E-state index contributed by atoms with van der Waals surface area (Å²) < 4.78 is 11.9. The molecule has 18 heavy (non-hydrogen) atoms. The Bertz CT molecular complexity index is 223. The van der Waals surface area contributed by atoms with Crippen LogP contribution in [0.5, 0.6) is 0 Å². The maximum Gasteiger partial charge on any atom is 0.0704 e. The van der Waals surface area contributed by atoms with Crippen LogP contribution in [0.25, 0.3) is 0 Å². The number of rotatable bonds is 5. The highest BCUT2D eigenvalue weighted by atomic mass is 16.5. The van der Waals surface area contributed by atoms with Crippen molar-refractivity contribution in [3.05, 3.63) is 0 Å². The molecule has 0 aromatic heterocycles. The third-order valence-corrected chi connectivity index (χ3v) is 4.89. The minimum absolute atomic E-state index is 0.492. The van der Waals surface area contributed by atoms with E-state index in [4.69, 9.17) is 9.47 Å². The third kappa shape index (κ3) is 4.55. The van der Waals surface area contributed by atoms with Crippen LogP contribution in [0.4, 0.5) is 0 Å².